The van der Waals surface area contributed by atoms with Crippen LogP contribution in [0, 0.1) is 0 Å². The lowest BCUT2D eigenvalue weighted by Gasteiger charge is -2.16. The Labute approximate surface area is 113 Å². The van der Waals surface area contributed by atoms with Crippen molar-refractivity contribution in [2.24, 2.45) is 7.05 Å². The Hall–Kier alpha value is -1.96. The van der Waals surface area contributed by atoms with Gasteiger partial charge in [-0.25, -0.2) is 0 Å². The zero-order valence-corrected chi connectivity index (χ0v) is 11.0. The second-order valence-corrected chi connectivity index (χ2v) is 4.36. The first-order chi connectivity index (χ1) is 9.40. The van der Waals surface area contributed by atoms with E-state index in [1.807, 2.05) is 0 Å². The highest BCUT2D eigenvalue weighted by Crippen LogP contribution is 2.31. The maximum atomic E-state index is 12.7. The zero-order valence-electron chi connectivity index (χ0n) is 11.0. The highest BCUT2D eigenvalue weighted by atomic mass is 19.4. The summed E-state index contributed by atoms with van der Waals surface area (Å²) in [7, 11) is 3.32. The molecule has 5 nitrogen and oxygen atoms in total. The van der Waals surface area contributed by atoms with Gasteiger partial charge in [0.1, 0.15) is 0 Å². The van der Waals surface area contributed by atoms with E-state index in [0.29, 0.717) is 17.8 Å². The molecule has 0 aliphatic rings. The fourth-order valence-corrected chi connectivity index (χ4v) is 1.91. The van der Waals surface area contributed by atoms with Crippen LogP contribution in [0.15, 0.2) is 24.3 Å². The summed E-state index contributed by atoms with van der Waals surface area (Å²) in [5.74, 6) is 0.476. The van der Waals surface area contributed by atoms with Crippen molar-refractivity contribution in [3.8, 4) is 0 Å². The van der Waals surface area contributed by atoms with Crippen molar-refractivity contribution in [1.82, 2.24) is 25.5 Å². The average molecular weight is 285 g/mol. The van der Waals surface area contributed by atoms with Crippen LogP contribution in [0.25, 0.3) is 0 Å². The van der Waals surface area contributed by atoms with E-state index in [9.17, 15) is 13.2 Å². The molecule has 1 atom stereocenters. The number of hydrogen-bond donors (Lipinski definition) is 1. The van der Waals surface area contributed by atoms with Crippen molar-refractivity contribution in [3.63, 3.8) is 0 Å². The van der Waals surface area contributed by atoms with Crippen molar-refractivity contribution in [1.29, 1.82) is 0 Å². The van der Waals surface area contributed by atoms with Gasteiger partial charge in [-0.1, -0.05) is 12.1 Å². The highest BCUT2D eigenvalue weighted by Gasteiger charge is 2.31. The predicted molar refractivity (Wildman–Crippen MR) is 65.7 cm³/mol. The molecule has 20 heavy (non-hydrogen) atoms. The van der Waals surface area contributed by atoms with E-state index in [-0.39, 0.29) is 6.04 Å². The van der Waals surface area contributed by atoms with Crippen LogP contribution in [0.3, 0.4) is 0 Å². The normalized spacial score (nSPS) is 13.4. The lowest BCUT2D eigenvalue weighted by atomic mass is 10.0. The van der Waals surface area contributed by atoms with Crippen LogP contribution >= 0.6 is 0 Å². The van der Waals surface area contributed by atoms with E-state index < -0.39 is 11.7 Å². The Morgan fingerprint density at radius 1 is 1.35 bits per heavy atom. The van der Waals surface area contributed by atoms with Crippen LogP contribution in [-0.2, 0) is 19.6 Å². The molecule has 1 aromatic heterocycles. The third-order valence-corrected chi connectivity index (χ3v) is 2.90. The summed E-state index contributed by atoms with van der Waals surface area (Å²) in [4.78, 5) is 1.31. The summed E-state index contributed by atoms with van der Waals surface area (Å²) in [6.45, 7) is 0. The van der Waals surface area contributed by atoms with Gasteiger partial charge in [-0.3, -0.25) is 0 Å². The minimum atomic E-state index is -4.35. The third-order valence-electron chi connectivity index (χ3n) is 2.90. The molecule has 0 fully saturated rings. The Balaban J connectivity index is 2.23. The Morgan fingerprint density at radius 2 is 2.10 bits per heavy atom. The number of tetrazole rings is 1. The smallest absolute Gasteiger partial charge is 0.313 e. The predicted octanol–water partition coefficient (Wildman–Crippen LogP) is 1.73. The number of alkyl halides is 3. The summed E-state index contributed by atoms with van der Waals surface area (Å²) >= 11 is 0. The topological polar surface area (TPSA) is 55.6 Å². The van der Waals surface area contributed by atoms with Crippen LogP contribution in [0.1, 0.15) is 23.0 Å². The summed E-state index contributed by atoms with van der Waals surface area (Å²) in [6, 6.07) is 4.93. The molecule has 0 aliphatic carbocycles. The van der Waals surface area contributed by atoms with E-state index in [4.69, 9.17) is 0 Å². The number of nitrogens with one attached hydrogen (secondary N) is 1. The molecule has 1 unspecified atom stereocenters. The van der Waals surface area contributed by atoms with Crippen LogP contribution < -0.4 is 5.32 Å². The van der Waals surface area contributed by atoms with Crippen molar-refractivity contribution in [2.45, 2.75) is 18.6 Å². The standard InChI is InChI=1S/C12H14F3N5/c1-16-10(7-11-17-19-20(2)18-11)8-4-3-5-9(6-8)12(13,14)15/h3-6,10,16H,7H2,1-2H3. The van der Waals surface area contributed by atoms with Gasteiger partial charge in [-0.15, -0.1) is 10.2 Å². The van der Waals surface area contributed by atoms with Gasteiger partial charge in [0.15, 0.2) is 5.82 Å². The first-order valence-electron chi connectivity index (χ1n) is 5.97. The third kappa shape index (κ3) is 3.32. The van der Waals surface area contributed by atoms with Gasteiger partial charge in [0.25, 0.3) is 0 Å². The minimum absolute atomic E-state index is 0.304. The molecule has 8 heteroatoms. The molecule has 0 aliphatic heterocycles. The minimum Gasteiger partial charge on any atom is -0.313 e. The van der Waals surface area contributed by atoms with Gasteiger partial charge in [0, 0.05) is 12.5 Å². The molecule has 0 amide bonds. The maximum Gasteiger partial charge on any atom is 0.416 e. The number of benzene rings is 1. The van der Waals surface area contributed by atoms with Crippen molar-refractivity contribution in [3.05, 3.63) is 41.2 Å². The molecule has 1 aromatic carbocycles. The number of rotatable bonds is 4. The molecule has 0 bridgehead atoms. The van der Waals surface area contributed by atoms with Gasteiger partial charge in [0.05, 0.1) is 12.6 Å². The Morgan fingerprint density at radius 3 is 2.65 bits per heavy atom. The number of nitrogens with zero attached hydrogens (tertiary/aromatic N) is 4. The number of likely N-dealkylation sites (N-methyl/N-ethyl adjacent to an activating group) is 1. The van der Waals surface area contributed by atoms with Gasteiger partial charge >= 0.3 is 6.18 Å². The van der Waals surface area contributed by atoms with Crippen LogP contribution in [-0.4, -0.2) is 27.3 Å². The Kier molecular flexibility index (Phi) is 4.03. The SMILES string of the molecule is CNC(Cc1nnn(C)n1)c1cccc(C(F)(F)F)c1. The summed E-state index contributed by atoms with van der Waals surface area (Å²) in [5, 5.41) is 14.5. The number of halogens is 3. The van der Waals surface area contributed by atoms with Gasteiger partial charge in [0.2, 0.25) is 0 Å². The van der Waals surface area contributed by atoms with E-state index >= 15 is 0 Å². The first-order valence-corrected chi connectivity index (χ1v) is 5.97. The van der Waals surface area contributed by atoms with E-state index in [0.717, 1.165) is 12.1 Å². The quantitative estimate of drug-likeness (QED) is 0.929. The molecule has 0 saturated carbocycles. The summed E-state index contributed by atoms with van der Waals surface area (Å²) in [6.07, 6.45) is -3.98. The largest absolute Gasteiger partial charge is 0.416 e. The maximum absolute atomic E-state index is 12.7. The molecule has 108 valence electrons. The van der Waals surface area contributed by atoms with Crippen molar-refractivity contribution in [2.75, 3.05) is 7.05 Å². The highest BCUT2D eigenvalue weighted by molar-refractivity contribution is 5.28. The second kappa shape index (κ2) is 5.58. The molecule has 0 spiro atoms. The fourth-order valence-electron chi connectivity index (χ4n) is 1.91. The lowest BCUT2D eigenvalue weighted by molar-refractivity contribution is -0.137. The summed E-state index contributed by atoms with van der Waals surface area (Å²) in [5.41, 5.74) is -0.128. The fraction of sp³-hybridized carbons (Fsp3) is 0.417. The molecule has 0 radical (unpaired) electrons. The average Bonchev–Trinajstić information content (AvgIpc) is 2.81. The molecule has 0 saturated heterocycles. The summed E-state index contributed by atoms with van der Waals surface area (Å²) < 4.78 is 38.1. The molecule has 2 aromatic rings. The van der Waals surface area contributed by atoms with Gasteiger partial charge in [-0.05, 0) is 30.0 Å². The van der Waals surface area contributed by atoms with Crippen molar-refractivity contribution >= 4 is 0 Å². The Bertz CT molecular complexity index is 578. The van der Waals surface area contributed by atoms with Crippen LogP contribution in [0.4, 0.5) is 13.2 Å². The molecular formula is C12H14F3N5. The molecular weight excluding hydrogens is 271 g/mol. The van der Waals surface area contributed by atoms with Crippen LogP contribution in [0.5, 0.6) is 0 Å². The number of aryl methyl sites for hydroxylation is 1. The molecule has 2 rings (SSSR count). The second-order valence-electron chi connectivity index (χ2n) is 4.36. The van der Waals surface area contributed by atoms with E-state index in [2.05, 4.69) is 20.7 Å². The zero-order chi connectivity index (χ0) is 14.8. The van der Waals surface area contributed by atoms with Crippen molar-refractivity contribution < 1.29 is 13.2 Å². The number of hydrogen-bond acceptors (Lipinski definition) is 4. The van der Waals surface area contributed by atoms with Crippen LogP contribution in [0.2, 0.25) is 0 Å². The van der Waals surface area contributed by atoms with Gasteiger partial charge < -0.3 is 5.32 Å². The number of aromatic nitrogens is 4. The van der Waals surface area contributed by atoms with E-state index in [1.54, 1.807) is 20.2 Å². The monoisotopic (exact) mass is 285 g/mol. The molecule has 1 heterocycles. The lowest BCUT2D eigenvalue weighted by Crippen LogP contribution is -2.20. The molecule has 1 N–H and O–H groups in total. The van der Waals surface area contributed by atoms with Gasteiger partial charge in [-0.2, -0.15) is 18.0 Å². The first kappa shape index (κ1) is 14.4. The van der Waals surface area contributed by atoms with E-state index in [1.165, 1.54) is 10.9 Å².